The van der Waals surface area contributed by atoms with E-state index in [2.05, 4.69) is 16.3 Å². The van der Waals surface area contributed by atoms with Crippen molar-refractivity contribution in [2.75, 3.05) is 19.6 Å². The van der Waals surface area contributed by atoms with E-state index in [1.54, 1.807) is 18.2 Å². The first-order valence-electron chi connectivity index (χ1n) is 13.9. The number of piperidine rings is 1. The van der Waals surface area contributed by atoms with Crippen molar-refractivity contribution in [3.8, 4) is 5.75 Å². The van der Waals surface area contributed by atoms with Crippen molar-refractivity contribution in [3.63, 3.8) is 0 Å². The van der Waals surface area contributed by atoms with Crippen LogP contribution >= 0.6 is 0 Å². The quantitative estimate of drug-likeness (QED) is 0.472. The maximum absolute atomic E-state index is 13.3. The van der Waals surface area contributed by atoms with Gasteiger partial charge < -0.3 is 15.3 Å². The highest BCUT2D eigenvalue weighted by Crippen LogP contribution is 2.43. The Kier molecular flexibility index (Phi) is 8.10. The number of benzene rings is 2. The number of nitrogens with one attached hydrogen (secondary N) is 1. The highest BCUT2D eigenvalue weighted by Gasteiger charge is 2.41. The number of phenolic OH excluding ortho intramolecular Hbond substituents is 1. The first kappa shape index (κ1) is 25.1. The van der Waals surface area contributed by atoms with Crippen LogP contribution in [0.2, 0.25) is 0 Å². The van der Waals surface area contributed by atoms with Gasteiger partial charge in [0.2, 0.25) is 0 Å². The summed E-state index contributed by atoms with van der Waals surface area (Å²) in [7, 11) is 0. The number of rotatable bonds is 8. The lowest BCUT2D eigenvalue weighted by molar-refractivity contribution is 0.106. The molecule has 2 N–H and O–H groups in total. The van der Waals surface area contributed by atoms with E-state index in [1.165, 1.54) is 62.6 Å². The molecule has 2 bridgehead atoms. The van der Waals surface area contributed by atoms with Crippen LogP contribution in [0.5, 0.6) is 5.75 Å². The van der Waals surface area contributed by atoms with Crippen LogP contribution in [0, 0.1) is 11.7 Å². The summed E-state index contributed by atoms with van der Waals surface area (Å²) in [6.45, 7) is 2.90. The van der Waals surface area contributed by atoms with Gasteiger partial charge in [0, 0.05) is 38.3 Å². The first-order valence-corrected chi connectivity index (χ1v) is 13.9. The number of aromatic hydroxyl groups is 1. The summed E-state index contributed by atoms with van der Waals surface area (Å²) in [4.78, 5) is 18.0. The lowest BCUT2D eigenvalue weighted by Crippen LogP contribution is -2.49. The molecule has 1 saturated carbocycles. The predicted molar refractivity (Wildman–Crippen MR) is 140 cm³/mol. The summed E-state index contributed by atoms with van der Waals surface area (Å²) < 4.78 is 13.2. The summed E-state index contributed by atoms with van der Waals surface area (Å²) in [5.41, 5.74) is 2.17. The molecular weight excluding hydrogens is 453 g/mol. The van der Waals surface area contributed by atoms with Gasteiger partial charge in [-0.05, 0) is 85.8 Å². The Morgan fingerprint density at radius 2 is 1.72 bits per heavy atom. The van der Waals surface area contributed by atoms with Crippen molar-refractivity contribution in [2.45, 2.75) is 82.3 Å². The highest BCUT2D eigenvalue weighted by atomic mass is 19.1. The van der Waals surface area contributed by atoms with E-state index in [1.807, 2.05) is 17.0 Å². The number of urea groups is 1. The van der Waals surface area contributed by atoms with Gasteiger partial charge in [0.1, 0.15) is 11.6 Å². The van der Waals surface area contributed by atoms with Crippen molar-refractivity contribution in [3.05, 3.63) is 65.5 Å². The lowest BCUT2D eigenvalue weighted by atomic mass is 9.85. The van der Waals surface area contributed by atoms with Gasteiger partial charge in [-0.3, -0.25) is 4.90 Å². The fraction of sp³-hybridized carbons (Fsp3) is 0.567. The van der Waals surface area contributed by atoms with Gasteiger partial charge in [0.05, 0.1) is 0 Å². The zero-order chi connectivity index (χ0) is 24.9. The average molecular weight is 494 g/mol. The Morgan fingerprint density at radius 1 is 1.00 bits per heavy atom. The summed E-state index contributed by atoms with van der Waals surface area (Å²) in [5, 5.41) is 13.0. The Morgan fingerprint density at radius 3 is 2.42 bits per heavy atom. The maximum atomic E-state index is 13.3. The van der Waals surface area contributed by atoms with Gasteiger partial charge in [0.25, 0.3) is 0 Å². The minimum Gasteiger partial charge on any atom is -0.508 e. The van der Waals surface area contributed by atoms with E-state index < -0.39 is 0 Å². The third-order valence-corrected chi connectivity index (χ3v) is 8.70. The van der Waals surface area contributed by atoms with Gasteiger partial charge in [-0.15, -0.1) is 0 Å². The number of halogens is 1. The van der Waals surface area contributed by atoms with Crippen molar-refractivity contribution in [1.29, 1.82) is 0 Å². The normalized spacial score (nSPS) is 24.5. The summed E-state index contributed by atoms with van der Waals surface area (Å²) in [5.74, 6) is 1.19. The van der Waals surface area contributed by atoms with Crippen molar-refractivity contribution < 1.29 is 14.3 Å². The molecule has 36 heavy (non-hydrogen) atoms. The van der Waals surface area contributed by atoms with Crippen LogP contribution in [-0.2, 0) is 6.54 Å². The van der Waals surface area contributed by atoms with E-state index in [4.69, 9.17) is 0 Å². The minimum absolute atomic E-state index is 0.00751. The molecule has 0 aromatic heterocycles. The Balaban J connectivity index is 1.19. The van der Waals surface area contributed by atoms with Crippen molar-refractivity contribution in [2.24, 2.45) is 5.92 Å². The Hall–Kier alpha value is -2.60. The van der Waals surface area contributed by atoms with Gasteiger partial charge >= 0.3 is 6.03 Å². The molecule has 5 rings (SSSR count). The maximum Gasteiger partial charge on any atom is 0.317 e. The van der Waals surface area contributed by atoms with Gasteiger partial charge in [-0.25, -0.2) is 9.18 Å². The second kappa shape index (κ2) is 11.6. The summed E-state index contributed by atoms with van der Waals surface area (Å²) in [6, 6.07) is 15.2. The van der Waals surface area contributed by atoms with Gasteiger partial charge in [-0.2, -0.15) is 0 Å². The van der Waals surface area contributed by atoms with Crippen LogP contribution in [0.3, 0.4) is 0 Å². The molecule has 5 nitrogen and oxygen atoms in total. The molecule has 3 aliphatic rings. The SMILES string of the molecule is O=C(NCc1ccc(F)cc1)N(CCN1C2CCC1CC(c1cccc(O)c1)C2)CC1CCCCC1. The van der Waals surface area contributed by atoms with Crippen LogP contribution in [-0.4, -0.2) is 52.7 Å². The molecule has 6 heteroatoms. The number of carbonyl (C=O) groups is 1. The molecule has 2 amide bonds. The molecule has 1 aliphatic carbocycles. The fourth-order valence-corrected chi connectivity index (χ4v) is 6.78. The summed E-state index contributed by atoms with van der Waals surface area (Å²) in [6.07, 6.45) is 11.0. The molecular formula is C30H40FN3O2. The van der Waals surface area contributed by atoms with Crippen molar-refractivity contribution >= 4 is 6.03 Å². The number of carbonyl (C=O) groups excluding carboxylic acids is 1. The van der Waals surface area contributed by atoms with E-state index in [0.29, 0.717) is 36.2 Å². The molecule has 2 aromatic carbocycles. The second-order valence-corrected chi connectivity index (χ2v) is 11.1. The molecule has 2 heterocycles. The van der Waals surface area contributed by atoms with Gasteiger partial charge in [0.15, 0.2) is 0 Å². The van der Waals surface area contributed by atoms with Crippen LogP contribution in [0.15, 0.2) is 48.5 Å². The number of phenols is 1. The topological polar surface area (TPSA) is 55.8 Å². The molecule has 0 radical (unpaired) electrons. The van der Waals surface area contributed by atoms with E-state index in [0.717, 1.165) is 38.0 Å². The van der Waals surface area contributed by atoms with Gasteiger partial charge in [-0.1, -0.05) is 43.5 Å². The lowest BCUT2D eigenvalue weighted by Gasteiger charge is -2.40. The molecule has 2 aliphatic heterocycles. The number of amides is 2. The number of hydrogen-bond donors (Lipinski definition) is 2. The molecule has 2 unspecified atom stereocenters. The second-order valence-electron chi connectivity index (χ2n) is 11.1. The standard InChI is InChI=1S/C30H40FN3O2/c31-26-11-9-22(10-12-26)20-32-30(36)33(21-23-5-2-1-3-6-23)15-16-34-27-13-14-28(34)18-25(17-27)24-7-4-8-29(35)19-24/h4,7-12,19,23,25,27-28,35H,1-3,5-6,13-18,20-21H2,(H,32,36). The molecule has 0 spiro atoms. The monoisotopic (exact) mass is 493 g/mol. The average Bonchev–Trinajstić information content (AvgIpc) is 3.12. The molecule has 194 valence electrons. The smallest absolute Gasteiger partial charge is 0.317 e. The fourth-order valence-electron chi connectivity index (χ4n) is 6.78. The van der Waals surface area contributed by atoms with E-state index in [9.17, 15) is 14.3 Å². The predicted octanol–water partition coefficient (Wildman–Crippen LogP) is 6.03. The van der Waals surface area contributed by atoms with E-state index in [-0.39, 0.29) is 11.8 Å². The largest absolute Gasteiger partial charge is 0.508 e. The van der Waals surface area contributed by atoms with Crippen LogP contribution in [0.25, 0.3) is 0 Å². The minimum atomic E-state index is -0.258. The Labute approximate surface area is 214 Å². The summed E-state index contributed by atoms with van der Waals surface area (Å²) >= 11 is 0. The third-order valence-electron chi connectivity index (χ3n) is 8.70. The number of hydrogen-bond acceptors (Lipinski definition) is 3. The molecule has 3 fully saturated rings. The highest BCUT2D eigenvalue weighted by molar-refractivity contribution is 5.74. The first-order chi connectivity index (χ1) is 17.5. The van der Waals surface area contributed by atoms with Crippen LogP contribution in [0.1, 0.15) is 74.8 Å². The van der Waals surface area contributed by atoms with Crippen molar-refractivity contribution in [1.82, 2.24) is 15.1 Å². The zero-order valence-electron chi connectivity index (χ0n) is 21.2. The molecule has 2 atom stereocenters. The molecule has 2 aromatic rings. The number of fused-ring (bicyclic) bond motifs is 2. The zero-order valence-corrected chi connectivity index (χ0v) is 21.2. The number of nitrogens with zero attached hydrogens (tertiary/aromatic N) is 2. The van der Waals surface area contributed by atoms with Crippen LogP contribution in [0.4, 0.5) is 9.18 Å². The van der Waals surface area contributed by atoms with E-state index >= 15 is 0 Å². The third kappa shape index (κ3) is 6.20. The molecule has 2 saturated heterocycles. The van der Waals surface area contributed by atoms with Crippen LogP contribution < -0.4 is 5.32 Å². The Bertz CT molecular complexity index is 994.